The highest BCUT2D eigenvalue weighted by Crippen LogP contribution is 2.56. The third kappa shape index (κ3) is 4.30. The van der Waals surface area contributed by atoms with E-state index in [0.717, 1.165) is 17.2 Å². The molecule has 2 rings (SSSR count). The maximum absolute atomic E-state index is 14.1. The fraction of sp³-hybridized carbons (Fsp3) is 0.333. The Balaban J connectivity index is 2.29. The molecule has 0 aliphatic carbocycles. The van der Waals surface area contributed by atoms with Crippen molar-refractivity contribution in [3.05, 3.63) is 53.5 Å². The number of pyridine rings is 1. The van der Waals surface area contributed by atoms with Gasteiger partial charge in [0.25, 0.3) is 11.8 Å². The molecule has 32 heavy (non-hydrogen) atoms. The molecule has 0 radical (unpaired) electrons. The number of nitrogens with zero attached hydrogens (tertiary/aromatic N) is 2. The van der Waals surface area contributed by atoms with Gasteiger partial charge in [-0.25, -0.2) is 9.37 Å². The average molecular weight is 478 g/mol. The summed E-state index contributed by atoms with van der Waals surface area (Å²) in [6, 6.07) is 1.97. The van der Waals surface area contributed by atoms with Gasteiger partial charge in [-0.3, -0.25) is 4.79 Å². The van der Waals surface area contributed by atoms with Gasteiger partial charge in [0.1, 0.15) is 5.75 Å². The van der Waals surface area contributed by atoms with Crippen molar-refractivity contribution in [1.29, 1.82) is 0 Å². The smallest absolute Gasteiger partial charge is 0.436 e. The van der Waals surface area contributed by atoms with Crippen LogP contribution in [0.5, 0.6) is 11.6 Å². The molecule has 2 aromatic rings. The minimum atomic E-state index is -7.03. The van der Waals surface area contributed by atoms with Crippen molar-refractivity contribution < 1.29 is 53.4 Å². The number of carbonyl (C=O) groups excluding carboxylic acids is 1. The second-order valence-corrected chi connectivity index (χ2v) is 6.56. The van der Waals surface area contributed by atoms with Crippen molar-refractivity contribution in [3.8, 4) is 11.6 Å². The van der Waals surface area contributed by atoms with Gasteiger partial charge in [-0.1, -0.05) is 0 Å². The van der Waals surface area contributed by atoms with Crippen molar-refractivity contribution in [2.75, 3.05) is 14.1 Å². The number of benzene rings is 1. The van der Waals surface area contributed by atoms with Crippen LogP contribution in [-0.4, -0.2) is 47.9 Å². The summed E-state index contributed by atoms with van der Waals surface area (Å²) in [5, 5.41) is 0. The number of aromatic nitrogens is 1. The summed E-state index contributed by atoms with van der Waals surface area (Å²) in [7, 11) is 2.77. The molecule has 0 saturated carbocycles. The van der Waals surface area contributed by atoms with Crippen LogP contribution in [0.25, 0.3) is 0 Å². The lowest BCUT2D eigenvalue weighted by molar-refractivity contribution is -0.399. The van der Waals surface area contributed by atoms with Gasteiger partial charge < -0.3 is 9.64 Å². The standard InChI is InChI=1S/C18H12F10N2O2/c1-30(2)14(31)9-7-12(19)13(29-8-9)32-11-5-3-10(4-6-11)15(20,21)16(22,23)17(24,25)18(26,27)28/h3-8H,1-2H3. The lowest BCUT2D eigenvalue weighted by Crippen LogP contribution is -2.59. The maximum atomic E-state index is 14.1. The molecule has 1 amide bonds. The van der Waals surface area contributed by atoms with E-state index in [-0.39, 0.29) is 17.7 Å². The number of ether oxygens (including phenoxy) is 1. The topological polar surface area (TPSA) is 42.4 Å². The Hall–Kier alpha value is -3.06. The lowest BCUT2D eigenvalue weighted by atomic mass is 9.97. The van der Waals surface area contributed by atoms with E-state index in [1.807, 2.05) is 0 Å². The SMILES string of the molecule is CN(C)C(=O)c1cnc(Oc2ccc(C(F)(F)C(F)(F)C(F)(F)C(F)(F)F)cc2)c(F)c1. The predicted octanol–water partition coefficient (Wildman–Crippen LogP) is 5.64. The van der Waals surface area contributed by atoms with Gasteiger partial charge in [0.2, 0.25) is 0 Å². The predicted molar refractivity (Wildman–Crippen MR) is 88.6 cm³/mol. The maximum Gasteiger partial charge on any atom is 0.460 e. The first-order valence-electron chi connectivity index (χ1n) is 8.29. The van der Waals surface area contributed by atoms with Crippen LogP contribution < -0.4 is 4.74 Å². The molecule has 1 aromatic heterocycles. The molecule has 14 heteroatoms. The summed E-state index contributed by atoms with van der Waals surface area (Å²) < 4.78 is 136. The molecule has 0 atom stereocenters. The summed E-state index contributed by atoms with van der Waals surface area (Å²) in [6.45, 7) is 0. The first-order valence-corrected chi connectivity index (χ1v) is 8.29. The van der Waals surface area contributed by atoms with Crippen molar-refractivity contribution in [3.63, 3.8) is 0 Å². The molecular formula is C18H12F10N2O2. The highest BCUT2D eigenvalue weighted by Gasteiger charge is 2.82. The van der Waals surface area contributed by atoms with Gasteiger partial charge in [-0.2, -0.15) is 39.5 Å². The third-order valence-electron chi connectivity index (χ3n) is 4.04. The van der Waals surface area contributed by atoms with Crippen molar-refractivity contribution >= 4 is 5.91 Å². The summed E-state index contributed by atoms with van der Waals surface area (Å²) in [6.07, 6.45) is -6.02. The Morgan fingerprint density at radius 2 is 1.44 bits per heavy atom. The van der Waals surface area contributed by atoms with Crippen molar-refractivity contribution in [2.24, 2.45) is 0 Å². The molecule has 0 spiro atoms. The number of halogens is 10. The van der Waals surface area contributed by atoms with Gasteiger partial charge in [-0.05, 0) is 30.3 Å². The molecule has 1 heterocycles. The Bertz CT molecular complexity index is 988. The minimum absolute atomic E-state index is 0.109. The first kappa shape index (κ1) is 25.2. The third-order valence-corrected chi connectivity index (χ3v) is 4.04. The Kier molecular flexibility index (Phi) is 6.40. The van der Waals surface area contributed by atoms with Crippen LogP contribution in [0.15, 0.2) is 36.5 Å². The molecular weight excluding hydrogens is 466 g/mol. The van der Waals surface area contributed by atoms with Crippen LogP contribution in [0.1, 0.15) is 15.9 Å². The van der Waals surface area contributed by atoms with E-state index in [1.165, 1.54) is 14.1 Å². The summed E-state index contributed by atoms with van der Waals surface area (Å²) in [4.78, 5) is 16.4. The van der Waals surface area contributed by atoms with Gasteiger partial charge in [0.15, 0.2) is 5.82 Å². The van der Waals surface area contributed by atoms with Crippen molar-refractivity contribution in [1.82, 2.24) is 9.88 Å². The number of rotatable bonds is 6. The molecule has 0 aliphatic heterocycles. The van der Waals surface area contributed by atoms with E-state index in [9.17, 15) is 48.7 Å². The number of alkyl halides is 9. The molecule has 1 aromatic carbocycles. The molecule has 176 valence electrons. The highest BCUT2D eigenvalue weighted by molar-refractivity contribution is 5.93. The second kappa shape index (κ2) is 8.13. The zero-order valence-corrected chi connectivity index (χ0v) is 16.0. The fourth-order valence-electron chi connectivity index (χ4n) is 2.28. The zero-order valence-electron chi connectivity index (χ0n) is 16.0. The van der Waals surface area contributed by atoms with E-state index < -0.39 is 52.9 Å². The van der Waals surface area contributed by atoms with Crippen molar-refractivity contribution in [2.45, 2.75) is 23.9 Å². The van der Waals surface area contributed by atoms with E-state index >= 15 is 0 Å². The number of carbonyl (C=O) groups is 1. The summed E-state index contributed by atoms with van der Waals surface area (Å²) in [5.74, 6) is -22.8. The molecule has 0 fully saturated rings. The molecule has 0 N–H and O–H groups in total. The van der Waals surface area contributed by atoms with Gasteiger partial charge in [0.05, 0.1) is 5.56 Å². The van der Waals surface area contributed by atoms with Crippen LogP contribution in [0.2, 0.25) is 0 Å². The van der Waals surface area contributed by atoms with Gasteiger partial charge in [-0.15, -0.1) is 0 Å². The first-order chi connectivity index (χ1) is 14.4. The lowest BCUT2D eigenvalue weighted by Gasteiger charge is -2.33. The summed E-state index contributed by atoms with van der Waals surface area (Å²) in [5.41, 5.74) is -2.04. The van der Waals surface area contributed by atoms with Crippen LogP contribution >= 0.6 is 0 Å². The molecule has 0 aliphatic rings. The number of amides is 1. The van der Waals surface area contributed by atoms with Crippen LogP contribution in [0, 0.1) is 5.82 Å². The monoisotopic (exact) mass is 478 g/mol. The van der Waals surface area contributed by atoms with E-state index in [2.05, 4.69) is 4.98 Å². The molecule has 0 saturated heterocycles. The largest absolute Gasteiger partial charge is 0.460 e. The van der Waals surface area contributed by atoms with Gasteiger partial charge in [0, 0.05) is 25.9 Å². The minimum Gasteiger partial charge on any atom is -0.436 e. The Morgan fingerprint density at radius 3 is 1.88 bits per heavy atom. The van der Waals surface area contributed by atoms with Gasteiger partial charge >= 0.3 is 23.9 Å². The normalized spacial score (nSPS) is 13.1. The van der Waals surface area contributed by atoms with E-state index in [1.54, 1.807) is 0 Å². The number of hydrogen-bond donors (Lipinski definition) is 0. The fourth-order valence-corrected chi connectivity index (χ4v) is 2.28. The van der Waals surface area contributed by atoms with E-state index in [0.29, 0.717) is 12.1 Å². The summed E-state index contributed by atoms with van der Waals surface area (Å²) >= 11 is 0. The highest BCUT2D eigenvalue weighted by atomic mass is 19.4. The Morgan fingerprint density at radius 1 is 0.906 bits per heavy atom. The van der Waals surface area contributed by atoms with Crippen LogP contribution in [-0.2, 0) is 5.92 Å². The second-order valence-electron chi connectivity index (χ2n) is 6.56. The number of hydrogen-bond acceptors (Lipinski definition) is 3. The quantitative estimate of drug-likeness (QED) is 0.505. The molecule has 0 bridgehead atoms. The molecule has 0 unspecified atom stereocenters. The average Bonchev–Trinajstić information content (AvgIpc) is 2.68. The Labute approximate surface area is 173 Å². The zero-order chi connectivity index (χ0) is 24.7. The molecule has 4 nitrogen and oxygen atoms in total. The van der Waals surface area contributed by atoms with Crippen LogP contribution in [0.4, 0.5) is 43.9 Å². The van der Waals surface area contributed by atoms with E-state index in [4.69, 9.17) is 4.74 Å². The van der Waals surface area contributed by atoms with Crippen LogP contribution in [0.3, 0.4) is 0 Å².